The van der Waals surface area contributed by atoms with E-state index in [0.29, 0.717) is 38.9 Å². The van der Waals surface area contributed by atoms with Crippen LogP contribution >= 0.6 is 0 Å². The molecule has 3 amide bonds. The van der Waals surface area contributed by atoms with E-state index in [1.54, 1.807) is 26.9 Å². The van der Waals surface area contributed by atoms with E-state index in [-0.39, 0.29) is 24.3 Å². The van der Waals surface area contributed by atoms with Crippen molar-refractivity contribution in [1.82, 2.24) is 14.7 Å². The minimum absolute atomic E-state index is 0.171. The van der Waals surface area contributed by atoms with Crippen LogP contribution in [0.4, 0.5) is 0 Å². The van der Waals surface area contributed by atoms with Gasteiger partial charge in [-0.2, -0.15) is 0 Å². The number of rotatable bonds is 11. The van der Waals surface area contributed by atoms with Crippen LogP contribution in [0.3, 0.4) is 0 Å². The number of amides is 3. The van der Waals surface area contributed by atoms with Crippen LogP contribution in [0.2, 0.25) is 0 Å². The topological polar surface area (TPSA) is 90.4 Å². The van der Waals surface area contributed by atoms with Crippen molar-refractivity contribution in [2.24, 2.45) is 11.8 Å². The predicted octanol–water partition coefficient (Wildman–Crippen LogP) is 3.55. The summed E-state index contributed by atoms with van der Waals surface area (Å²) in [5, 5.41) is 10.3. The molecule has 40 heavy (non-hydrogen) atoms. The summed E-state index contributed by atoms with van der Waals surface area (Å²) < 4.78 is 6.81. The molecular weight excluding hydrogens is 506 g/mol. The van der Waals surface area contributed by atoms with Gasteiger partial charge in [0.15, 0.2) is 0 Å². The Morgan fingerprint density at radius 2 is 1.80 bits per heavy atom. The number of nitrogens with zero attached hydrogens (tertiary/aromatic N) is 3. The monoisotopic (exact) mass is 551 g/mol. The van der Waals surface area contributed by atoms with Crippen LogP contribution in [0.15, 0.2) is 55.6 Å². The Hall–Kier alpha value is -2.97. The molecule has 218 valence electrons. The summed E-state index contributed by atoms with van der Waals surface area (Å²) in [6.07, 6.45) is 4.89. The molecule has 0 aromatic heterocycles. The largest absolute Gasteiger partial charge is 0.394 e. The third-order valence-corrected chi connectivity index (χ3v) is 9.05. The van der Waals surface area contributed by atoms with Gasteiger partial charge >= 0.3 is 0 Å². The van der Waals surface area contributed by atoms with Crippen LogP contribution in [0.5, 0.6) is 0 Å². The van der Waals surface area contributed by atoms with E-state index in [2.05, 4.69) is 13.2 Å². The molecule has 3 aliphatic rings. The van der Waals surface area contributed by atoms with Crippen molar-refractivity contribution in [3.8, 4) is 0 Å². The van der Waals surface area contributed by atoms with E-state index >= 15 is 0 Å². The lowest BCUT2D eigenvalue weighted by atomic mass is 9.66. The van der Waals surface area contributed by atoms with E-state index in [9.17, 15) is 19.5 Å². The fourth-order valence-corrected chi connectivity index (χ4v) is 7.19. The van der Waals surface area contributed by atoms with Crippen LogP contribution in [0.1, 0.15) is 59.4 Å². The molecule has 8 nitrogen and oxygen atoms in total. The fraction of sp³-hybridized carbons (Fsp3) is 0.594. The van der Waals surface area contributed by atoms with Crippen LogP contribution in [-0.2, 0) is 25.7 Å². The normalized spacial score (nSPS) is 29.7. The molecule has 3 fully saturated rings. The van der Waals surface area contributed by atoms with Gasteiger partial charge < -0.3 is 24.5 Å². The third-order valence-electron chi connectivity index (χ3n) is 9.05. The van der Waals surface area contributed by atoms with Gasteiger partial charge in [-0.15, -0.1) is 13.2 Å². The molecule has 1 spiro atoms. The number of fused-ring (bicyclic) bond motifs is 1. The Bertz CT molecular complexity index is 1140. The van der Waals surface area contributed by atoms with E-state index in [0.717, 1.165) is 5.56 Å². The lowest BCUT2D eigenvalue weighted by Gasteiger charge is -2.43. The number of carbonyl (C=O) groups is 3. The Kier molecular flexibility index (Phi) is 8.35. The zero-order valence-electron chi connectivity index (χ0n) is 24.6. The van der Waals surface area contributed by atoms with Crippen molar-refractivity contribution in [3.63, 3.8) is 0 Å². The zero-order chi connectivity index (χ0) is 29.5. The first-order valence-corrected chi connectivity index (χ1v) is 14.4. The minimum Gasteiger partial charge on any atom is -0.394 e. The number of likely N-dealkylation sites (tertiary alicyclic amines) is 1. The first-order valence-electron chi connectivity index (χ1n) is 14.4. The summed E-state index contributed by atoms with van der Waals surface area (Å²) in [7, 11) is 0. The van der Waals surface area contributed by atoms with Gasteiger partial charge in [-0.05, 0) is 52.5 Å². The molecule has 1 aromatic carbocycles. The predicted molar refractivity (Wildman–Crippen MR) is 154 cm³/mol. The SMILES string of the molecule is C=CCN(Cc1ccccc1)C(=O)[C@@H]1[C@H]2C(=O)N([C@@H](CC)CO)C(C(=O)N(CC=C)C(C)(C)C)C23CC[C@@]1(C)O3. The Balaban J connectivity index is 1.80. The van der Waals surface area contributed by atoms with Crippen molar-refractivity contribution in [1.29, 1.82) is 0 Å². The summed E-state index contributed by atoms with van der Waals surface area (Å²) in [6.45, 7) is 18.1. The number of hydrogen-bond donors (Lipinski definition) is 1. The van der Waals surface area contributed by atoms with Crippen molar-refractivity contribution in [2.45, 2.75) is 89.3 Å². The summed E-state index contributed by atoms with van der Waals surface area (Å²) in [6, 6.07) is 8.22. The summed E-state index contributed by atoms with van der Waals surface area (Å²) in [5.41, 5.74) is -1.60. The molecular formula is C32H45N3O5. The second-order valence-electron chi connectivity index (χ2n) is 12.6. The van der Waals surface area contributed by atoms with Crippen molar-refractivity contribution >= 4 is 17.7 Å². The Morgan fingerprint density at radius 3 is 2.35 bits per heavy atom. The highest BCUT2D eigenvalue weighted by molar-refractivity contribution is 5.99. The van der Waals surface area contributed by atoms with Crippen LogP contribution in [-0.4, -0.2) is 86.0 Å². The maximum Gasteiger partial charge on any atom is 0.249 e. The van der Waals surface area contributed by atoms with Gasteiger partial charge in [-0.1, -0.05) is 49.4 Å². The standard InChI is InChI=1S/C32H45N3O5/c1-8-18-33(20-22-14-12-11-13-15-22)27(37)24-25-28(38)35(23(10-3)21-36)26(32(25)17-16-31(24,7)40-32)29(39)34(19-9-2)30(4,5)6/h8-9,11-15,23-26,36H,1-2,10,16-21H2,3-7H3/t23-,24-,25-,26?,31+,32?/m0/s1. The van der Waals surface area contributed by atoms with E-state index in [1.807, 2.05) is 65.0 Å². The van der Waals surface area contributed by atoms with Crippen LogP contribution < -0.4 is 0 Å². The molecule has 8 heteroatoms. The second-order valence-corrected chi connectivity index (χ2v) is 12.6. The van der Waals surface area contributed by atoms with Crippen LogP contribution in [0, 0.1) is 11.8 Å². The van der Waals surface area contributed by atoms with Gasteiger partial charge in [0, 0.05) is 25.2 Å². The summed E-state index contributed by atoms with van der Waals surface area (Å²) >= 11 is 0. The van der Waals surface area contributed by atoms with E-state index < -0.39 is 40.7 Å². The highest BCUT2D eigenvalue weighted by Gasteiger charge is 2.79. The number of hydrogen-bond acceptors (Lipinski definition) is 5. The minimum atomic E-state index is -1.15. The quantitative estimate of drug-likeness (QED) is 0.425. The number of carbonyl (C=O) groups excluding carboxylic acids is 3. The number of aliphatic hydroxyl groups is 1. The molecule has 4 rings (SSSR count). The average Bonchev–Trinajstić information content (AvgIpc) is 3.48. The zero-order valence-corrected chi connectivity index (χ0v) is 24.6. The molecule has 1 N–H and O–H groups in total. The molecule has 2 bridgehead atoms. The highest BCUT2D eigenvalue weighted by atomic mass is 16.5. The fourth-order valence-electron chi connectivity index (χ4n) is 7.19. The van der Waals surface area contributed by atoms with Gasteiger partial charge in [0.2, 0.25) is 17.7 Å². The number of benzene rings is 1. The van der Waals surface area contributed by atoms with E-state index in [1.165, 1.54) is 0 Å². The van der Waals surface area contributed by atoms with Crippen molar-refractivity contribution in [3.05, 3.63) is 61.2 Å². The van der Waals surface area contributed by atoms with Crippen molar-refractivity contribution in [2.75, 3.05) is 19.7 Å². The smallest absolute Gasteiger partial charge is 0.249 e. The summed E-state index contributed by atoms with van der Waals surface area (Å²) in [5.74, 6) is -2.26. The third kappa shape index (κ3) is 4.79. The lowest BCUT2D eigenvalue weighted by molar-refractivity contribution is -0.159. The molecule has 0 aliphatic carbocycles. The molecule has 3 aliphatic heterocycles. The first-order chi connectivity index (χ1) is 18.9. The first kappa shape index (κ1) is 30.0. The van der Waals surface area contributed by atoms with E-state index in [4.69, 9.17) is 4.74 Å². The molecule has 2 unspecified atom stereocenters. The lowest BCUT2D eigenvalue weighted by Crippen LogP contribution is -2.61. The number of ether oxygens (including phenoxy) is 1. The highest BCUT2D eigenvalue weighted by Crippen LogP contribution is 2.64. The maximum atomic E-state index is 14.5. The van der Waals surface area contributed by atoms with Gasteiger partial charge in [-0.3, -0.25) is 14.4 Å². The van der Waals surface area contributed by atoms with Gasteiger partial charge in [0.05, 0.1) is 30.1 Å². The van der Waals surface area contributed by atoms with Gasteiger partial charge in [0.25, 0.3) is 0 Å². The molecule has 1 aromatic rings. The molecule has 3 heterocycles. The molecule has 3 saturated heterocycles. The molecule has 0 radical (unpaired) electrons. The average molecular weight is 552 g/mol. The molecule has 0 saturated carbocycles. The van der Waals surface area contributed by atoms with Gasteiger partial charge in [0.1, 0.15) is 11.6 Å². The number of aliphatic hydroxyl groups excluding tert-OH is 1. The van der Waals surface area contributed by atoms with Crippen molar-refractivity contribution < 1.29 is 24.2 Å². The Labute approximate surface area is 238 Å². The van der Waals surface area contributed by atoms with Crippen LogP contribution in [0.25, 0.3) is 0 Å². The second kappa shape index (κ2) is 11.1. The summed E-state index contributed by atoms with van der Waals surface area (Å²) in [4.78, 5) is 48.3. The van der Waals surface area contributed by atoms with Gasteiger partial charge in [-0.25, -0.2) is 0 Å². The Morgan fingerprint density at radius 1 is 1.15 bits per heavy atom. The maximum absolute atomic E-state index is 14.5. The molecule has 6 atom stereocenters.